The quantitative estimate of drug-likeness (QED) is 0.510. The van der Waals surface area contributed by atoms with Crippen molar-refractivity contribution in [3.63, 3.8) is 0 Å². The molecule has 0 saturated heterocycles. The van der Waals surface area contributed by atoms with Crippen molar-refractivity contribution in [2.45, 2.75) is 19.1 Å². The molecular weight excluding hydrogens is 429 g/mol. The van der Waals surface area contributed by atoms with Crippen molar-refractivity contribution in [3.05, 3.63) is 65.7 Å². The maximum Gasteiger partial charge on any atom is 0.419 e. The number of rotatable bonds is 8. The molecule has 3 rings (SSSR count). The largest absolute Gasteiger partial charge is 0.469 e. The highest BCUT2D eigenvalue weighted by Crippen LogP contribution is 2.28. The molecule has 3 aromatic rings. The Labute approximate surface area is 180 Å². The topological polar surface area (TPSA) is 111 Å². The van der Waals surface area contributed by atoms with Crippen LogP contribution in [0.25, 0.3) is 5.82 Å². The summed E-state index contributed by atoms with van der Waals surface area (Å²) in [6.45, 7) is 0.516. The fraction of sp³-hybridized carbons (Fsp3) is 0.250. The zero-order valence-corrected chi connectivity index (χ0v) is 16.9. The second-order valence-electron chi connectivity index (χ2n) is 6.56. The van der Waals surface area contributed by atoms with E-state index in [9.17, 15) is 22.8 Å². The van der Waals surface area contributed by atoms with Crippen LogP contribution < -0.4 is 10.6 Å². The number of ether oxygens (including phenoxy) is 1. The first kappa shape index (κ1) is 22.7. The van der Waals surface area contributed by atoms with Gasteiger partial charge in [-0.25, -0.2) is 14.6 Å². The van der Waals surface area contributed by atoms with Crippen LogP contribution in [0.2, 0.25) is 0 Å². The first-order valence-electron chi connectivity index (χ1n) is 9.38. The van der Waals surface area contributed by atoms with Crippen LogP contribution in [0.15, 0.2) is 49.1 Å². The molecule has 0 aliphatic heterocycles. The number of carbonyl (C=O) groups is 2. The molecule has 1 amide bonds. The average Bonchev–Trinajstić information content (AvgIpc) is 3.29. The van der Waals surface area contributed by atoms with E-state index in [4.69, 9.17) is 0 Å². The number of alkyl halides is 3. The fourth-order valence-corrected chi connectivity index (χ4v) is 2.56. The van der Waals surface area contributed by atoms with Crippen LogP contribution in [0.5, 0.6) is 0 Å². The number of hydrogen-bond donors (Lipinski definition) is 2. The van der Waals surface area contributed by atoms with Crippen LogP contribution in [0.3, 0.4) is 0 Å². The number of carbonyl (C=O) groups excluding carboxylic acids is 2. The van der Waals surface area contributed by atoms with Gasteiger partial charge in [0.15, 0.2) is 5.82 Å². The molecule has 0 unspecified atom stereocenters. The molecule has 0 spiro atoms. The minimum atomic E-state index is -4.46. The van der Waals surface area contributed by atoms with Crippen LogP contribution in [0, 0.1) is 0 Å². The molecule has 9 nitrogen and oxygen atoms in total. The Balaban J connectivity index is 1.51. The van der Waals surface area contributed by atoms with E-state index in [2.05, 4.69) is 30.4 Å². The number of anilines is 1. The van der Waals surface area contributed by atoms with Crippen molar-refractivity contribution in [1.82, 2.24) is 25.1 Å². The number of aromatic nitrogens is 4. The zero-order valence-electron chi connectivity index (χ0n) is 16.9. The smallest absolute Gasteiger partial charge is 0.419 e. The molecule has 0 aliphatic rings. The molecular formula is C20H19F3N6O3. The Hall–Kier alpha value is -3.96. The van der Waals surface area contributed by atoms with Gasteiger partial charge in [0.05, 0.1) is 30.9 Å². The van der Waals surface area contributed by atoms with Crippen molar-refractivity contribution >= 4 is 17.7 Å². The Morgan fingerprint density at radius 2 is 1.91 bits per heavy atom. The lowest BCUT2D eigenvalue weighted by atomic mass is 10.2. The standard InChI is InChI=1S/C20H19F3N6O3/c1-32-18(30)6-7-24-19(31)14-3-4-16(26-10-14)25-8-13-2-5-17(27-9-13)29-12-15(11-28-29)20(21,22)23/h2-5,9-12H,6-8H2,1H3,(H,24,31)(H,25,26). The summed E-state index contributed by atoms with van der Waals surface area (Å²) >= 11 is 0. The van der Waals surface area contributed by atoms with Crippen LogP contribution in [0.1, 0.15) is 27.9 Å². The van der Waals surface area contributed by atoms with Crippen molar-refractivity contribution in [2.75, 3.05) is 19.0 Å². The van der Waals surface area contributed by atoms with E-state index in [1.807, 2.05) is 0 Å². The molecule has 0 radical (unpaired) electrons. The summed E-state index contributed by atoms with van der Waals surface area (Å²) in [6, 6.07) is 6.46. The highest BCUT2D eigenvalue weighted by Gasteiger charge is 2.32. The molecule has 2 N–H and O–H groups in total. The maximum atomic E-state index is 12.7. The Morgan fingerprint density at radius 3 is 2.50 bits per heavy atom. The molecule has 3 heterocycles. The summed E-state index contributed by atoms with van der Waals surface area (Å²) in [6.07, 6.45) is 0.136. The number of pyridine rings is 2. The number of methoxy groups -OCH3 is 1. The lowest BCUT2D eigenvalue weighted by Crippen LogP contribution is -2.26. The van der Waals surface area contributed by atoms with Crippen molar-refractivity contribution < 1.29 is 27.5 Å². The molecule has 0 bridgehead atoms. The summed E-state index contributed by atoms with van der Waals surface area (Å²) in [7, 11) is 1.27. The third-order valence-electron chi connectivity index (χ3n) is 4.30. The first-order valence-corrected chi connectivity index (χ1v) is 9.38. The second kappa shape index (κ2) is 9.90. The van der Waals surface area contributed by atoms with E-state index >= 15 is 0 Å². The van der Waals surface area contributed by atoms with E-state index in [1.54, 1.807) is 24.3 Å². The molecule has 0 saturated carbocycles. The highest BCUT2D eigenvalue weighted by molar-refractivity contribution is 5.94. The second-order valence-corrected chi connectivity index (χ2v) is 6.56. The molecule has 168 valence electrons. The van der Waals surface area contributed by atoms with Gasteiger partial charge in [-0.05, 0) is 23.8 Å². The predicted molar refractivity (Wildman–Crippen MR) is 107 cm³/mol. The van der Waals surface area contributed by atoms with Gasteiger partial charge in [0.1, 0.15) is 5.82 Å². The van der Waals surface area contributed by atoms with Crippen molar-refractivity contribution in [3.8, 4) is 5.82 Å². The fourth-order valence-electron chi connectivity index (χ4n) is 2.56. The van der Waals surface area contributed by atoms with Gasteiger partial charge in [0.2, 0.25) is 0 Å². The molecule has 3 aromatic heterocycles. The zero-order chi connectivity index (χ0) is 23.1. The Bertz CT molecular complexity index is 1070. The number of hydrogen-bond acceptors (Lipinski definition) is 7. The Morgan fingerprint density at radius 1 is 1.09 bits per heavy atom. The van der Waals surface area contributed by atoms with E-state index in [-0.39, 0.29) is 24.7 Å². The molecule has 12 heteroatoms. The van der Waals surface area contributed by atoms with Crippen LogP contribution >= 0.6 is 0 Å². The normalized spacial score (nSPS) is 11.1. The van der Waals surface area contributed by atoms with Gasteiger partial charge >= 0.3 is 12.1 Å². The third kappa shape index (κ3) is 6.03. The van der Waals surface area contributed by atoms with E-state index < -0.39 is 17.7 Å². The molecule has 32 heavy (non-hydrogen) atoms. The average molecular weight is 448 g/mol. The van der Waals surface area contributed by atoms with Gasteiger partial charge in [-0.1, -0.05) is 6.07 Å². The summed E-state index contributed by atoms with van der Waals surface area (Å²) in [5.41, 5.74) is 0.254. The molecule has 0 atom stereocenters. The summed E-state index contributed by atoms with van der Waals surface area (Å²) in [5, 5.41) is 9.34. The lowest BCUT2D eigenvalue weighted by Gasteiger charge is -2.08. The molecule has 0 fully saturated rings. The van der Waals surface area contributed by atoms with E-state index in [1.165, 1.54) is 19.5 Å². The van der Waals surface area contributed by atoms with Gasteiger partial charge in [0.25, 0.3) is 5.91 Å². The minimum absolute atomic E-state index is 0.0754. The van der Waals surface area contributed by atoms with E-state index in [0.717, 1.165) is 22.6 Å². The lowest BCUT2D eigenvalue weighted by molar-refractivity contribution is -0.140. The highest BCUT2D eigenvalue weighted by atomic mass is 19.4. The summed E-state index contributed by atoms with van der Waals surface area (Å²) in [5.74, 6) is -0.00626. The first-order chi connectivity index (χ1) is 15.3. The number of amides is 1. The third-order valence-corrected chi connectivity index (χ3v) is 4.30. The van der Waals surface area contributed by atoms with Crippen molar-refractivity contribution in [1.29, 1.82) is 0 Å². The maximum absolute atomic E-state index is 12.7. The van der Waals surface area contributed by atoms with E-state index in [0.29, 0.717) is 17.9 Å². The van der Waals surface area contributed by atoms with Gasteiger partial charge < -0.3 is 15.4 Å². The predicted octanol–water partition coefficient (Wildman–Crippen LogP) is 2.59. The van der Waals surface area contributed by atoms with Gasteiger partial charge in [-0.15, -0.1) is 0 Å². The van der Waals surface area contributed by atoms with Crippen molar-refractivity contribution in [2.24, 2.45) is 0 Å². The summed E-state index contributed by atoms with van der Waals surface area (Å²) in [4.78, 5) is 31.3. The monoisotopic (exact) mass is 448 g/mol. The van der Waals surface area contributed by atoms with Crippen LogP contribution in [-0.4, -0.2) is 45.3 Å². The number of halogens is 3. The van der Waals surface area contributed by atoms with Gasteiger partial charge in [-0.3, -0.25) is 9.59 Å². The van der Waals surface area contributed by atoms with Gasteiger partial charge in [0, 0.05) is 31.7 Å². The van der Waals surface area contributed by atoms with Gasteiger partial charge in [-0.2, -0.15) is 18.3 Å². The molecule has 0 aromatic carbocycles. The summed E-state index contributed by atoms with van der Waals surface area (Å²) < 4.78 is 43.6. The number of esters is 1. The Kier molecular flexibility index (Phi) is 7.03. The minimum Gasteiger partial charge on any atom is -0.469 e. The number of nitrogens with zero attached hydrogens (tertiary/aromatic N) is 4. The number of nitrogens with one attached hydrogen (secondary N) is 2. The van der Waals surface area contributed by atoms with Crippen LogP contribution in [0.4, 0.5) is 19.0 Å². The SMILES string of the molecule is COC(=O)CCNC(=O)c1ccc(NCc2ccc(-n3cc(C(F)(F)F)cn3)nc2)nc1. The molecule has 0 aliphatic carbocycles. The van der Waals surface area contributed by atoms with Crippen LogP contribution in [-0.2, 0) is 22.3 Å².